The van der Waals surface area contributed by atoms with Crippen LogP contribution in [0.2, 0.25) is 0 Å². The van der Waals surface area contributed by atoms with Crippen molar-refractivity contribution < 1.29 is 19.1 Å². The largest absolute Gasteiger partial charge is 0.493 e. The first-order chi connectivity index (χ1) is 11.6. The number of ether oxygens (including phenoxy) is 2. The molecule has 0 aromatic heterocycles. The van der Waals surface area contributed by atoms with Gasteiger partial charge in [0.25, 0.3) is 11.8 Å². The summed E-state index contributed by atoms with van der Waals surface area (Å²) in [4.78, 5) is 23.7. The predicted molar refractivity (Wildman–Crippen MR) is 89.5 cm³/mol. The van der Waals surface area contributed by atoms with Gasteiger partial charge in [-0.3, -0.25) is 9.59 Å². The van der Waals surface area contributed by atoms with Crippen LogP contribution in [0.1, 0.15) is 21.5 Å². The summed E-state index contributed by atoms with van der Waals surface area (Å²) in [6.45, 7) is 2.32. The highest BCUT2D eigenvalue weighted by molar-refractivity contribution is 6.00. The lowest BCUT2D eigenvalue weighted by Crippen LogP contribution is -2.20. The topological polar surface area (TPSA) is 76.7 Å². The number of aryl methyl sites for hydroxylation is 1. The number of methoxy groups -OCH3 is 1. The molecular weight excluding hydrogens is 308 g/mol. The molecule has 2 aromatic rings. The van der Waals surface area contributed by atoms with E-state index in [1.54, 1.807) is 25.3 Å². The first-order valence-electron chi connectivity index (χ1n) is 7.55. The van der Waals surface area contributed by atoms with E-state index in [2.05, 4.69) is 10.6 Å². The van der Waals surface area contributed by atoms with E-state index in [0.717, 1.165) is 11.1 Å². The molecule has 2 N–H and O–H groups in total. The van der Waals surface area contributed by atoms with Crippen molar-refractivity contribution in [3.05, 3.63) is 53.1 Å². The third kappa shape index (κ3) is 3.32. The van der Waals surface area contributed by atoms with Crippen molar-refractivity contribution in [2.24, 2.45) is 0 Å². The number of carbonyl (C=O) groups is 2. The molecule has 124 valence electrons. The Balaban J connectivity index is 1.62. The van der Waals surface area contributed by atoms with Crippen LogP contribution in [0.25, 0.3) is 0 Å². The number of amides is 2. The Morgan fingerprint density at radius 1 is 1.21 bits per heavy atom. The second-order valence-corrected chi connectivity index (χ2v) is 5.55. The normalized spacial score (nSPS) is 12.3. The lowest BCUT2D eigenvalue weighted by atomic mass is 10.1. The van der Waals surface area contributed by atoms with Crippen LogP contribution in [-0.2, 0) is 11.3 Å². The SMILES string of the molecule is COc1cc(C)ccc1OCC(=O)Nc1ccc2c(c1)C(=O)NC2. The molecule has 1 heterocycles. The third-order valence-corrected chi connectivity index (χ3v) is 3.76. The highest BCUT2D eigenvalue weighted by Gasteiger charge is 2.19. The molecule has 2 aromatic carbocycles. The summed E-state index contributed by atoms with van der Waals surface area (Å²) >= 11 is 0. The van der Waals surface area contributed by atoms with Crippen LogP contribution in [0.15, 0.2) is 36.4 Å². The highest BCUT2D eigenvalue weighted by atomic mass is 16.5. The summed E-state index contributed by atoms with van der Waals surface area (Å²) in [5.41, 5.74) is 3.13. The standard InChI is InChI=1S/C18H18N2O4/c1-11-3-6-15(16(7-11)23-2)24-10-17(21)20-13-5-4-12-9-19-18(22)14(12)8-13/h3-8H,9-10H2,1-2H3,(H,19,22)(H,20,21). The van der Waals surface area contributed by atoms with Crippen LogP contribution >= 0.6 is 0 Å². The number of anilines is 1. The smallest absolute Gasteiger partial charge is 0.262 e. The Bertz CT molecular complexity index is 802. The van der Waals surface area contributed by atoms with Gasteiger partial charge in [0.1, 0.15) is 0 Å². The second kappa shape index (κ2) is 6.62. The van der Waals surface area contributed by atoms with Crippen molar-refractivity contribution in [2.75, 3.05) is 19.0 Å². The van der Waals surface area contributed by atoms with Gasteiger partial charge in [0.2, 0.25) is 0 Å². The molecule has 24 heavy (non-hydrogen) atoms. The van der Waals surface area contributed by atoms with Gasteiger partial charge in [-0.05, 0) is 42.3 Å². The van der Waals surface area contributed by atoms with E-state index in [1.165, 1.54) is 0 Å². The number of rotatable bonds is 5. The van der Waals surface area contributed by atoms with Crippen molar-refractivity contribution in [2.45, 2.75) is 13.5 Å². The molecule has 1 aliphatic heterocycles. The van der Waals surface area contributed by atoms with Gasteiger partial charge in [0, 0.05) is 17.8 Å². The van der Waals surface area contributed by atoms with Gasteiger partial charge in [-0.2, -0.15) is 0 Å². The van der Waals surface area contributed by atoms with E-state index in [-0.39, 0.29) is 18.4 Å². The molecule has 0 saturated carbocycles. The van der Waals surface area contributed by atoms with Crippen molar-refractivity contribution in [3.63, 3.8) is 0 Å². The Hall–Kier alpha value is -3.02. The zero-order valence-corrected chi connectivity index (χ0v) is 13.5. The molecule has 0 unspecified atom stereocenters. The lowest BCUT2D eigenvalue weighted by molar-refractivity contribution is -0.118. The molecule has 0 bridgehead atoms. The van der Waals surface area contributed by atoms with Gasteiger partial charge in [-0.1, -0.05) is 12.1 Å². The summed E-state index contributed by atoms with van der Waals surface area (Å²) in [6.07, 6.45) is 0. The van der Waals surface area contributed by atoms with Crippen molar-refractivity contribution in [3.8, 4) is 11.5 Å². The number of benzene rings is 2. The lowest BCUT2D eigenvalue weighted by Gasteiger charge is -2.11. The Morgan fingerprint density at radius 3 is 2.83 bits per heavy atom. The minimum absolute atomic E-state index is 0.123. The van der Waals surface area contributed by atoms with E-state index >= 15 is 0 Å². The van der Waals surface area contributed by atoms with Crippen molar-refractivity contribution >= 4 is 17.5 Å². The van der Waals surface area contributed by atoms with Crippen molar-refractivity contribution in [1.29, 1.82) is 0 Å². The first kappa shape index (κ1) is 15.9. The summed E-state index contributed by atoms with van der Waals surface area (Å²) in [7, 11) is 1.55. The van der Waals surface area contributed by atoms with Crippen LogP contribution in [0.5, 0.6) is 11.5 Å². The molecule has 0 spiro atoms. The van der Waals surface area contributed by atoms with Crippen LogP contribution < -0.4 is 20.1 Å². The molecule has 0 radical (unpaired) electrons. The molecular formula is C18H18N2O4. The summed E-state index contributed by atoms with van der Waals surface area (Å²) < 4.78 is 10.8. The van der Waals surface area contributed by atoms with Gasteiger partial charge in [-0.25, -0.2) is 0 Å². The molecule has 0 fully saturated rings. The second-order valence-electron chi connectivity index (χ2n) is 5.55. The van der Waals surface area contributed by atoms with Gasteiger partial charge < -0.3 is 20.1 Å². The monoisotopic (exact) mass is 326 g/mol. The van der Waals surface area contributed by atoms with Crippen LogP contribution in [0, 0.1) is 6.92 Å². The van der Waals surface area contributed by atoms with E-state index in [9.17, 15) is 9.59 Å². The van der Waals surface area contributed by atoms with E-state index in [0.29, 0.717) is 29.3 Å². The number of carbonyl (C=O) groups excluding carboxylic acids is 2. The summed E-state index contributed by atoms with van der Waals surface area (Å²) in [5, 5.41) is 5.47. The number of fused-ring (bicyclic) bond motifs is 1. The summed E-state index contributed by atoms with van der Waals surface area (Å²) in [6, 6.07) is 10.8. The fraction of sp³-hybridized carbons (Fsp3) is 0.222. The average molecular weight is 326 g/mol. The fourth-order valence-corrected chi connectivity index (χ4v) is 2.52. The van der Waals surface area contributed by atoms with Crippen LogP contribution in [0.3, 0.4) is 0 Å². The number of nitrogens with one attached hydrogen (secondary N) is 2. The van der Waals surface area contributed by atoms with Gasteiger partial charge in [0.05, 0.1) is 7.11 Å². The molecule has 0 atom stereocenters. The Morgan fingerprint density at radius 2 is 2.04 bits per heavy atom. The van der Waals surface area contributed by atoms with Crippen molar-refractivity contribution in [1.82, 2.24) is 5.32 Å². The maximum absolute atomic E-state index is 12.1. The quantitative estimate of drug-likeness (QED) is 0.884. The summed E-state index contributed by atoms with van der Waals surface area (Å²) in [5.74, 6) is 0.654. The Kier molecular flexibility index (Phi) is 4.37. The van der Waals surface area contributed by atoms with E-state index in [4.69, 9.17) is 9.47 Å². The average Bonchev–Trinajstić information content (AvgIpc) is 2.94. The molecule has 3 rings (SSSR count). The minimum Gasteiger partial charge on any atom is -0.493 e. The van der Waals surface area contributed by atoms with Gasteiger partial charge in [-0.15, -0.1) is 0 Å². The van der Waals surface area contributed by atoms with E-state index in [1.807, 2.05) is 25.1 Å². The van der Waals surface area contributed by atoms with E-state index < -0.39 is 0 Å². The zero-order chi connectivity index (χ0) is 17.1. The number of hydrogen-bond donors (Lipinski definition) is 2. The maximum Gasteiger partial charge on any atom is 0.262 e. The molecule has 6 heteroatoms. The van der Waals surface area contributed by atoms with Crippen LogP contribution in [0.4, 0.5) is 5.69 Å². The number of hydrogen-bond acceptors (Lipinski definition) is 4. The zero-order valence-electron chi connectivity index (χ0n) is 13.5. The Labute approximate surface area is 139 Å². The molecule has 2 amide bonds. The van der Waals surface area contributed by atoms with Gasteiger partial charge in [0.15, 0.2) is 18.1 Å². The highest BCUT2D eigenvalue weighted by Crippen LogP contribution is 2.27. The predicted octanol–water partition coefficient (Wildman–Crippen LogP) is 2.26. The maximum atomic E-state index is 12.1. The molecule has 6 nitrogen and oxygen atoms in total. The first-order valence-corrected chi connectivity index (χ1v) is 7.55. The van der Waals surface area contributed by atoms with Crippen LogP contribution in [-0.4, -0.2) is 25.5 Å². The fourth-order valence-electron chi connectivity index (χ4n) is 2.52. The molecule has 0 aliphatic carbocycles. The van der Waals surface area contributed by atoms with Gasteiger partial charge >= 0.3 is 0 Å². The molecule has 0 saturated heterocycles. The molecule has 1 aliphatic rings. The third-order valence-electron chi connectivity index (χ3n) is 3.76. The minimum atomic E-state index is -0.309.